The maximum Gasteiger partial charge on any atom is 0.256 e. The van der Waals surface area contributed by atoms with Crippen molar-refractivity contribution in [3.05, 3.63) is 70.2 Å². The second-order valence-electron chi connectivity index (χ2n) is 7.63. The second-order valence-corrected chi connectivity index (χ2v) is 8.49. The van der Waals surface area contributed by atoms with Gasteiger partial charge in [-0.05, 0) is 24.1 Å². The maximum absolute atomic E-state index is 13.6. The minimum Gasteiger partial charge on any atom is -0.275 e. The summed E-state index contributed by atoms with van der Waals surface area (Å²) in [7, 11) is 0. The monoisotopic (exact) mass is 470 g/mol. The SMILES string of the molecule is CC(=O)N1C(=O)[C@](C)(Cc2ccccc2)N(C(C)=O)C(=O)C1Cc1ccccc1Br. The van der Waals surface area contributed by atoms with Crippen molar-refractivity contribution in [2.75, 3.05) is 0 Å². The number of amides is 4. The Morgan fingerprint density at radius 2 is 1.57 bits per heavy atom. The molecule has 0 spiro atoms. The number of hydrogen-bond acceptors (Lipinski definition) is 4. The number of rotatable bonds is 4. The molecule has 0 aromatic heterocycles. The highest BCUT2D eigenvalue weighted by Gasteiger charge is 2.56. The molecule has 7 heteroatoms. The first kappa shape index (κ1) is 21.9. The first-order valence-corrected chi connectivity index (χ1v) is 10.4. The van der Waals surface area contributed by atoms with Gasteiger partial charge in [0.2, 0.25) is 11.8 Å². The average molecular weight is 471 g/mol. The Kier molecular flexibility index (Phi) is 6.22. The van der Waals surface area contributed by atoms with Crippen molar-refractivity contribution < 1.29 is 19.2 Å². The Balaban J connectivity index is 2.07. The summed E-state index contributed by atoms with van der Waals surface area (Å²) >= 11 is 3.45. The molecule has 2 aromatic carbocycles. The molecule has 0 aliphatic carbocycles. The molecule has 1 fully saturated rings. The van der Waals surface area contributed by atoms with Gasteiger partial charge in [0.05, 0.1) is 0 Å². The predicted molar refractivity (Wildman–Crippen MR) is 115 cm³/mol. The van der Waals surface area contributed by atoms with Crippen LogP contribution < -0.4 is 0 Å². The van der Waals surface area contributed by atoms with Crippen LogP contribution in [0.1, 0.15) is 31.9 Å². The van der Waals surface area contributed by atoms with Crippen molar-refractivity contribution in [1.82, 2.24) is 9.80 Å². The number of halogens is 1. The summed E-state index contributed by atoms with van der Waals surface area (Å²) in [5, 5.41) is 0. The zero-order valence-corrected chi connectivity index (χ0v) is 18.7. The van der Waals surface area contributed by atoms with Gasteiger partial charge >= 0.3 is 0 Å². The van der Waals surface area contributed by atoms with Crippen LogP contribution in [0.2, 0.25) is 0 Å². The minimum atomic E-state index is -1.49. The van der Waals surface area contributed by atoms with Crippen LogP contribution in [0.25, 0.3) is 0 Å². The Morgan fingerprint density at radius 1 is 0.967 bits per heavy atom. The molecule has 4 amide bonds. The molecule has 2 aromatic rings. The number of hydrogen-bond donors (Lipinski definition) is 0. The zero-order valence-electron chi connectivity index (χ0n) is 17.1. The molecule has 3 rings (SSSR count). The topological polar surface area (TPSA) is 74.8 Å². The largest absolute Gasteiger partial charge is 0.275 e. The summed E-state index contributed by atoms with van der Waals surface area (Å²) in [6.07, 6.45) is 0.250. The van der Waals surface area contributed by atoms with Crippen molar-refractivity contribution in [2.24, 2.45) is 0 Å². The van der Waals surface area contributed by atoms with E-state index < -0.39 is 35.2 Å². The molecule has 0 N–H and O–H groups in total. The summed E-state index contributed by atoms with van der Waals surface area (Å²) in [4.78, 5) is 54.2. The molecule has 156 valence electrons. The average Bonchev–Trinajstić information content (AvgIpc) is 2.68. The van der Waals surface area contributed by atoms with Gasteiger partial charge in [0, 0.05) is 31.2 Å². The summed E-state index contributed by atoms with van der Waals surface area (Å²) < 4.78 is 0.765. The van der Waals surface area contributed by atoms with E-state index in [0.29, 0.717) is 0 Å². The van der Waals surface area contributed by atoms with Crippen molar-refractivity contribution in [1.29, 1.82) is 0 Å². The lowest BCUT2D eigenvalue weighted by atomic mass is 9.84. The highest BCUT2D eigenvalue weighted by Crippen LogP contribution is 2.33. The molecule has 2 atom stereocenters. The third-order valence-corrected chi connectivity index (χ3v) is 6.18. The third-order valence-electron chi connectivity index (χ3n) is 5.41. The van der Waals surface area contributed by atoms with Gasteiger partial charge in [0.1, 0.15) is 11.6 Å². The first-order valence-electron chi connectivity index (χ1n) is 9.63. The van der Waals surface area contributed by atoms with Crippen LogP contribution >= 0.6 is 15.9 Å². The molecule has 1 heterocycles. The molecule has 0 radical (unpaired) electrons. The van der Waals surface area contributed by atoms with E-state index in [1.54, 1.807) is 6.92 Å². The van der Waals surface area contributed by atoms with Gasteiger partial charge in [0.25, 0.3) is 11.8 Å². The summed E-state index contributed by atoms with van der Waals surface area (Å²) in [6.45, 7) is 4.09. The molecule has 6 nitrogen and oxygen atoms in total. The number of carbonyl (C=O) groups is 4. The number of benzene rings is 2. The Bertz CT molecular complexity index is 1010. The smallest absolute Gasteiger partial charge is 0.256 e. The summed E-state index contributed by atoms with van der Waals surface area (Å²) in [5.74, 6) is -2.14. The van der Waals surface area contributed by atoms with Gasteiger partial charge in [-0.2, -0.15) is 0 Å². The van der Waals surface area contributed by atoms with Crippen LogP contribution in [-0.4, -0.2) is 45.0 Å². The van der Waals surface area contributed by atoms with Crippen LogP contribution in [0.3, 0.4) is 0 Å². The quantitative estimate of drug-likeness (QED) is 0.687. The van der Waals surface area contributed by atoms with E-state index in [2.05, 4.69) is 15.9 Å². The molecule has 1 unspecified atom stereocenters. The van der Waals surface area contributed by atoms with Gasteiger partial charge in [0.15, 0.2) is 0 Å². The minimum absolute atomic E-state index is 0.122. The van der Waals surface area contributed by atoms with Crippen LogP contribution in [0.4, 0.5) is 0 Å². The van der Waals surface area contributed by atoms with Crippen LogP contribution in [0.5, 0.6) is 0 Å². The second kappa shape index (κ2) is 8.52. The molecule has 1 saturated heterocycles. The number of imide groups is 2. The lowest BCUT2D eigenvalue weighted by Crippen LogP contribution is -2.73. The Hall–Kier alpha value is -2.80. The molecule has 1 aliphatic heterocycles. The van der Waals surface area contributed by atoms with Crippen molar-refractivity contribution >= 4 is 39.6 Å². The normalized spacial score (nSPS) is 21.7. The standard InChI is InChI=1S/C23H23BrN2O4/c1-15(27)25-20(13-18-11-7-8-12-19(18)24)21(29)26(16(2)28)23(3,22(25)30)14-17-9-5-4-6-10-17/h4-12,20H,13-14H2,1-3H3/t20?,23-/m0/s1. The summed E-state index contributed by atoms with van der Waals surface area (Å²) in [5.41, 5.74) is 0.0746. The van der Waals surface area contributed by atoms with E-state index in [1.165, 1.54) is 13.8 Å². The van der Waals surface area contributed by atoms with Gasteiger partial charge in [-0.25, -0.2) is 0 Å². The third kappa shape index (κ3) is 3.94. The predicted octanol–water partition coefficient (Wildman–Crippen LogP) is 3.13. The van der Waals surface area contributed by atoms with Gasteiger partial charge in [-0.1, -0.05) is 64.5 Å². The zero-order chi connectivity index (χ0) is 22.1. The van der Waals surface area contributed by atoms with Crippen molar-refractivity contribution in [3.8, 4) is 0 Å². The highest BCUT2D eigenvalue weighted by molar-refractivity contribution is 9.10. The number of nitrogens with zero attached hydrogens (tertiary/aromatic N) is 2. The van der Waals surface area contributed by atoms with Crippen LogP contribution in [0, 0.1) is 0 Å². The molecule has 1 aliphatic rings. The molecular weight excluding hydrogens is 448 g/mol. The van der Waals surface area contributed by atoms with E-state index in [4.69, 9.17) is 0 Å². The number of piperazine rings is 1. The van der Waals surface area contributed by atoms with Crippen LogP contribution in [-0.2, 0) is 32.0 Å². The lowest BCUT2D eigenvalue weighted by Gasteiger charge is -2.48. The highest BCUT2D eigenvalue weighted by atomic mass is 79.9. The first-order chi connectivity index (χ1) is 14.2. The van der Waals surface area contributed by atoms with Crippen molar-refractivity contribution in [2.45, 2.75) is 45.2 Å². The van der Waals surface area contributed by atoms with Crippen molar-refractivity contribution in [3.63, 3.8) is 0 Å². The number of carbonyl (C=O) groups excluding carboxylic acids is 4. The molecule has 0 bridgehead atoms. The molecule has 30 heavy (non-hydrogen) atoms. The van der Waals surface area contributed by atoms with Gasteiger partial charge in [-0.15, -0.1) is 0 Å². The molecule has 0 saturated carbocycles. The van der Waals surface area contributed by atoms with Crippen LogP contribution in [0.15, 0.2) is 59.1 Å². The fraction of sp³-hybridized carbons (Fsp3) is 0.304. The van der Waals surface area contributed by atoms with E-state index in [0.717, 1.165) is 25.4 Å². The summed E-state index contributed by atoms with van der Waals surface area (Å²) in [6, 6.07) is 15.4. The maximum atomic E-state index is 13.6. The fourth-order valence-electron chi connectivity index (χ4n) is 4.06. The molecular formula is C23H23BrN2O4. The van der Waals surface area contributed by atoms with E-state index in [1.807, 2.05) is 54.6 Å². The fourth-order valence-corrected chi connectivity index (χ4v) is 4.51. The Labute approximate surface area is 184 Å². The van der Waals surface area contributed by atoms with E-state index >= 15 is 0 Å². The van der Waals surface area contributed by atoms with E-state index in [9.17, 15) is 19.2 Å². The van der Waals surface area contributed by atoms with Gasteiger partial charge < -0.3 is 0 Å². The van der Waals surface area contributed by atoms with Gasteiger partial charge in [-0.3, -0.25) is 29.0 Å². The van der Waals surface area contributed by atoms with E-state index in [-0.39, 0.29) is 12.8 Å². The Morgan fingerprint density at radius 3 is 2.13 bits per heavy atom. The lowest BCUT2D eigenvalue weighted by molar-refractivity contribution is -0.178.